The number of alkyl halides is 3. The van der Waals surface area contributed by atoms with Crippen LogP contribution in [0.25, 0.3) is 0 Å². The first-order valence-electron chi connectivity index (χ1n) is 8.76. The second-order valence-corrected chi connectivity index (χ2v) is 7.13. The summed E-state index contributed by atoms with van der Waals surface area (Å²) in [7, 11) is 0. The Bertz CT molecular complexity index is 1050. The molecule has 6 nitrogen and oxygen atoms in total. The molecule has 2 aromatic heterocycles. The van der Waals surface area contributed by atoms with Crippen molar-refractivity contribution in [1.29, 1.82) is 0 Å². The van der Waals surface area contributed by atoms with Crippen LogP contribution in [0.2, 0.25) is 5.02 Å². The number of carbonyl (C=O) groups excluding carboxylic acids is 1. The number of hydrogen-bond acceptors (Lipinski definition) is 4. The molecular weight excluding hydrogens is 409 g/mol. The van der Waals surface area contributed by atoms with Crippen molar-refractivity contribution >= 4 is 29.0 Å². The van der Waals surface area contributed by atoms with Crippen molar-refractivity contribution in [3.63, 3.8) is 0 Å². The van der Waals surface area contributed by atoms with E-state index in [4.69, 9.17) is 16.0 Å². The molecule has 152 valence electrons. The van der Waals surface area contributed by atoms with E-state index in [1.54, 1.807) is 37.3 Å². The van der Waals surface area contributed by atoms with Gasteiger partial charge in [-0.2, -0.15) is 18.3 Å². The van der Waals surface area contributed by atoms with Gasteiger partial charge in [0.2, 0.25) is 0 Å². The Kier molecular flexibility index (Phi) is 4.77. The van der Waals surface area contributed by atoms with Gasteiger partial charge in [-0.25, -0.2) is 4.68 Å². The third-order valence-electron chi connectivity index (χ3n) is 4.89. The minimum absolute atomic E-state index is 0.00474. The number of hydrogen-bond donors (Lipinski definition) is 2. The average molecular weight is 425 g/mol. The first-order valence-corrected chi connectivity index (χ1v) is 9.14. The number of furan rings is 1. The number of halogens is 4. The predicted molar refractivity (Wildman–Crippen MR) is 101 cm³/mol. The Morgan fingerprint density at radius 2 is 2.14 bits per heavy atom. The molecule has 2 N–H and O–H groups in total. The Morgan fingerprint density at radius 1 is 1.34 bits per heavy atom. The normalized spacial score (nSPS) is 18.8. The molecule has 29 heavy (non-hydrogen) atoms. The maximum Gasteiger partial charge on any atom is 0.410 e. The Morgan fingerprint density at radius 3 is 2.83 bits per heavy atom. The zero-order chi connectivity index (χ0) is 20.8. The van der Waals surface area contributed by atoms with Gasteiger partial charge in [-0.15, -0.1) is 0 Å². The van der Waals surface area contributed by atoms with E-state index < -0.39 is 24.2 Å². The molecule has 0 saturated carbocycles. The summed E-state index contributed by atoms with van der Waals surface area (Å²) in [4.78, 5) is 12.8. The number of carbonyl (C=O) groups is 1. The molecule has 0 bridgehead atoms. The molecule has 1 aliphatic rings. The van der Waals surface area contributed by atoms with Gasteiger partial charge in [0.1, 0.15) is 17.1 Å². The first kappa shape index (κ1) is 19.4. The van der Waals surface area contributed by atoms with Crippen LogP contribution < -0.4 is 10.6 Å². The number of nitrogens with one attached hydrogen (secondary N) is 2. The van der Waals surface area contributed by atoms with E-state index >= 15 is 0 Å². The number of rotatable bonds is 3. The Hall–Kier alpha value is -2.94. The van der Waals surface area contributed by atoms with Crippen LogP contribution >= 0.6 is 11.6 Å². The summed E-state index contributed by atoms with van der Waals surface area (Å²) in [6.07, 6.45) is -2.33. The first-order chi connectivity index (χ1) is 13.8. The standard InChI is InChI=1S/C19H16ClF3N4O2/c1-10-12(20)4-2-5-13(10)26-18(28)11-9-24-27-16(19(21,22)23)8-14(25-17(11)27)15-6-3-7-29-15/h2-7,9,14,16,25H,8H2,1H3,(H,26,28). The Balaban J connectivity index is 1.70. The summed E-state index contributed by atoms with van der Waals surface area (Å²) in [6, 6.07) is 5.56. The van der Waals surface area contributed by atoms with Crippen LogP contribution in [0, 0.1) is 6.92 Å². The highest BCUT2D eigenvalue weighted by atomic mass is 35.5. The largest absolute Gasteiger partial charge is 0.467 e. The molecule has 0 radical (unpaired) electrons. The fourth-order valence-electron chi connectivity index (χ4n) is 3.34. The minimum Gasteiger partial charge on any atom is -0.467 e. The highest BCUT2D eigenvalue weighted by Crippen LogP contribution is 2.44. The number of amides is 1. The van der Waals surface area contributed by atoms with Gasteiger partial charge in [0.05, 0.1) is 18.5 Å². The van der Waals surface area contributed by atoms with Crippen LogP contribution in [0.15, 0.2) is 47.2 Å². The van der Waals surface area contributed by atoms with Crippen molar-refractivity contribution < 1.29 is 22.4 Å². The van der Waals surface area contributed by atoms with E-state index in [0.717, 1.165) is 10.9 Å². The molecule has 3 aromatic rings. The monoisotopic (exact) mass is 424 g/mol. The second-order valence-electron chi connectivity index (χ2n) is 6.72. The molecule has 10 heteroatoms. The zero-order valence-electron chi connectivity index (χ0n) is 15.1. The van der Waals surface area contributed by atoms with Crippen molar-refractivity contribution in [2.75, 3.05) is 10.6 Å². The van der Waals surface area contributed by atoms with E-state index in [2.05, 4.69) is 15.7 Å². The summed E-state index contributed by atoms with van der Waals surface area (Å²) >= 11 is 6.07. The van der Waals surface area contributed by atoms with Gasteiger partial charge in [0, 0.05) is 17.1 Å². The van der Waals surface area contributed by atoms with E-state index in [9.17, 15) is 18.0 Å². The third kappa shape index (κ3) is 3.57. The number of anilines is 2. The third-order valence-corrected chi connectivity index (χ3v) is 5.30. The molecule has 2 unspecified atom stereocenters. The SMILES string of the molecule is Cc1c(Cl)cccc1NC(=O)c1cnn2c1NC(c1ccco1)CC2C(F)(F)F. The summed E-state index contributed by atoms with van der Waals surface area (Å²) in [6.45, 7) is 1.73. The van der Waals surface area contributed by atoms with Crippen molar-refractivity contribution in [2.45, 2.75) is 31.6 Å². The molecule has 3 heterocycles. The van der Waals surface area contributed by atoms with Crippen LogP contribution in [0.1, 0.15) is 40.2 Å². The lowest BCUT2D eigenvalue weighted by Crippen LogP contribution is -2.36. The van der Waals surface area contributed by atoms with Gasteiger partial charge in [0.25, 0.3) is 5.91 Å². The molecule has 2 atom stereocenters. The number of benzene rings is 1. The molecule has 0 fully saturated rings. The van der Waals surface area contributed by atoms with Crippen molar-refractivity contribution in [3.05, 3.63) is 64.7 Å². The van der Waals surface area contributed by atoms with E-state index in [0.29, 0.717) is 22.0 Å². The molecule has 1 amide bonds. The average Bonchev–Trinajstić information content (AvgIpc) is 3.33. The van der Waals surface area contributed by atoms with Gasteiger partial charge in [-0.05, 0) is 36.8 Å². The van der Waals surface area contributed by atoms with Crippen LogP contribution in [0.4, 0.5) is 24.7 Å². The molecular formula is C19H16ClF3N4O2. The zero-order valence-corrected chi connectivity index (χ0v) is 15.9. The van der Waals surface area contributed by atoms with Crippen LogP contribution in [-0.4, -0.2) is 21.9 Å². The topological polar surface area (TPSA) is 72.1 Å². The van der Waals surface area contributed by atoms with E-state index in [1.165, 1.54) is 6.26 Å². The van der Waals surface area contributed by atoms with Crippen molar-refractivity contribution in [3.8, 4) is 0 Å². The van der Waals surface area contributed by atoms with E-state index in [-0.39, 0.29) is 17.8 Å². The predicted octanol–water partition coefficient (Wildman–Crippen LogP) is 5.35. The van der Waals surface area contributed by atoms with Crippen molar-refractivity contribution in [2.24, 2.45) is 0 Å². The highest BCUT2D eigenvalue weighted by Gasteiger charge is 2.47. The van der Waals surface area contributed by atoms with Gasteiger partial charge in [-0.1, -0.05) is 17.7 Å². The Labute approximate surface area is 168 Å². The van der Waals surface area contributed by atoms with Crippen LogP contribution in [-0.2, 0) is 0 Å². The summed E-state index contributed by atoms with van der Waals surface area (Å²) in [5, 5.41) is 9.95. The second kappa shape index (κ2) is 7.14. The number of fused-ring (bicyclic) bond motifs is 1. The molecule has 0 saturated heterocycles. The minimum atomic E-state index is -4.54. The lowest BCUT2D eigenvalue weighted by atomic mass is 10.0. The van der Waals surface area contributed by atoms with Crippen molar-refractivity contribution in [1.82, 2.24) is 9.78 Å². The summed E-state index contributed by atoms with van der Waals surface area (Å²) in [5.74, 6) is -0.258. The maximum atomic E-state index is 13.7. The molecule has 4 rings (SSSR count). The lowest BCUT2D eigenvalue weighted by Gasteiger charge is -2.32. The lowest BCUT2D eigenvalue weighted by molar-refractivity contribution is -0.174. The van der Waals surface area contributed by atoms with E-state index in [1.807, 2.05) is 0 Å². The number of aromatic nitrogens is 2. The summed E-state index contributed by atoms with van der Waals surface area (Å²) in [5.41, 5.74) is 1.11. The maximum absolute atomic E-state index is 13.7. The quantitative estimate of drug-likeness (QED) is 0.594. The summed E-state index contributed by atoms with van der Waals surface area (Å²) < 4.78 is 47.0. The molecule has 0 aliphatic carbocycles. The fraction of sp³-hybridized carbons (Fsp3) is 0.263. The van der Waals surface area contributed by atoms with Gasteiger partial charge >= 0.3 is 6.18 Å². The highest BCUT2D eigenvalue weighted by molar-refractivity contribution is 6.31. The van der Waals surface area contributed by atoms with Gasteiger partial charge < -0.3 is 15.1 Å². The van der Waals surface area contributed by atoms with Crippen LogP contribution in [0.3, 0.4) is 0 Å². The molecule has 1 aliphatic heterocycles. The van der Waals surface area contributed by atoms with Crippen LogP contribution in [0.5, 0.6) is 0 Å². The molecule has 0 spiro atoms. The van der Waals surface area contributed by atoms with Gasteiger partial charge in [0.15, 0.2) is 6.04 Å². The molecule has 1 aromatic carbocycles. The van der Waals surface area contributed by atoms with Gasteiger partial charge in [-0.3, -0.25) is 4.79 Å². The smallest absolute Gasteiger partial charge is 0.410 e. The fourth-order valence-corrected chi connectivity index (χ4v) is 3.51. The number of nitrogens with zero attached hydrogens (tertiary/aromatic N) is 2.